The van der Waals surface area contributed by atoms with Crippen LogP contribution in [0.25, 0.3) is 0 Å². The lowest BCUT2D eigenvalue weighted by Crippen LogP contribution is -2.18. The van der Waals surface area contributed by atoms with E-state index in [1.165, 1.54) is 0 Å². The third kappa shape index (κ3) is 2.79. The predicted octanol–water partition coefficient (Wildman–Crippen LogP) is 2.85. The molecule has 0 radical (unpaired) electrons. The summed E-state index contributed by atoms with van der Waals surface area (Å²) in [6.07, 6.45) is 0. The first-order chi connectivity index (χ1) is 7.07. The first kappa shape index (κ1) is 12.2. The van der Waals surface area contributed by atoms with Gasteiger partial charge in [0.15, 0.2) is 0 Å². The average molecular weight is 292 g/mol. The van der Waals surface area contributed by atoms with E-state index in [-0.39, 0.29) is 17.2 Å². The molecule has 0 saturated carbocycles. The van der Waals surface area contributed by atoms with E-state index in [2.05, 4.69) is 20.7 Å². The highest BCUT2D eigenvalue weighted by molar-refractivity contribution is 9.10. The Labute approximate surface area is 100 Å². The number of hydrogen-bond acceptors (Lipinski definition) is 3. The fourth-order valence-corrected chi connectivity index (χ4v) is 1.93. The standard InChI is InChI=1S/C10H8BrClO3/c1-2-15-10(14)9(13)8-6(11)4-3-5-7(8)12/h3-5H,2H2,1H3. The van der Waals surface area contributed by atoms with Crippen LogP contribution in [-0.2, 0) is 9.53 Å². The number of ketones is 1. The number of hydrogen-bond donors (Lipinski definition) is 0. The molecule has 0 aliphatic carbocycles. The zero-order chi connectivity index (χ0) is 11.4. The van der Waals surface area contributed by atoms with Crippen LogP contribution < -0.4 is 0 Å². The van der Waals surface area contributed by atoms with Crippen molar-refractivity contribution in [2.75, 3.05) is 6.61 Å². The van der Waals surface area contributed by atoms with Gasteiger partial charge in [-0.05, 0) is 35.0 Å². The molecular weight excluding hydrogens is 283 g/mol. The van der Waals surface area contributed by atoms with Crippen molar-refractivity contribution >= 4 is 39.3 Å². The molecule has 0 spiro atoms. The summed E-state index contributed by atoms with van der Waals surface area (Å²) in [4.78, 5) is 22.8. The van der Waals surface area contributed by atoms with Crippen molar-refractivity contribution in [2.24, 2.45) is 0 Å². The van der Waals surface area contributed by atoms with Gasteiger partial charge in [-0.25, -0.2) is 4.79 Å². The van der Waals surface area contributed by atoms with Gasteiger partial charge in [-0.3, -0.25) is 4.79 Å². The molecule has 1 rings (SSSR count). The van der Waals surface area contributed by atoms with E-state index in [1.54, 1.807) is 25.1 Å². The van der Waals surface area contributed by atoms with Crippen LogP contribution in [0.3, 0.4) is 0 Å². The summed E-state index contributed by atoms with van der Waals surface area (Å²) in [5, 5.41) is 0.224. The number of halogens is 2. The Morgan fingerprint density at radius 1 is 1.47 bits per heavy atom. The van der Waals surface area contributed by atoms with E-state index in [9.17, 15) is 9.59 Å². The third-order valence-corrected chi connectivity index (χ3v) is 2.63. The molecule has 0 fully saturated rings. The summed E-state index contributed by atoms with van der Waals surface area (Å²) in [7, 11) is 0. The second-order valence-corrected chi connectivity index (χ2v) is 3.91. The number of carbonyl (C=O) groups is 2. The lowest BCUT2D eigenvalue weighted by atomic mass is 10.1. The zero-order valence-corrected chi connectivity index (χ0v) is 10.3. The first-order valence-electron chi connectivity index (χ1n) is 4.23. The van der Waals surface area contributed by atoms with Gasteiger partial charge in [-0.1, -0.05) is 17.7 Å². The Kier molecular flexibility index (Phi) is 4.29. The quantitative estimate of drug-likeness (QED) is 0.488. The Balaban J connectivity index is 3.06. The number of carbonyl (C=O) groups excluding carboxylic acids is 2. The van der Waals surface area contributed by atoms with Gasteiger partial charge in [-0.2, -0.15) is 0 Å². The van der Waals surface area contributed by atoms with E-state index in [4.69, 9.17) is 11.6 Å². The summed E-state index contributed by atoms with van der Waals surface area (Å²) in [6, 6.07) is 4.85. The van der Waals surface area contributed by atoms with Gasteiger partial charge in [-0.15, -0.1) is 0 Å². The van der Waals surface area contributed by atoms with Crippen LogP contribution >= 0.6 is 27.5 Å². The normalized spacial score (nSPS) is 9.80. The molecule has 15 heavy (non-hydrogen) atoms. The molecule has 0 heterocycles. The van der Waals surface area contributed by atoms with Crippen molar-refractivity contribution in [3.63, 3.8) is 0 Å². The van der Waals surface area contributed by atoms with Gasteiger partial charge in [0.1, 0.15) is 0 Å². The molecular formula is C10H8BrClO3. The topological polar surface area (TPSA) is 43.4 Å². The Morgan fingerprint density at radius 3 is 2.67 bits per heavy atom. The Hall–Kier alpha value is -0.870. The van der Waals surface area contributed by atoms with Crippen LogP contribution in [0.4, 0.5) is 0 Å². The fourth-order valence-electron chi connectivity index (χ4n) is 1.01. The molecule has 1 aromatic carbocycles. The number of ether oxygens (including phenoxy) is 1. The first-order valence-corrected chi connectivity index (χ1v) is 5.40. The highest BCUT2D eigenvalue weighted by Crippen LogP contribution is 2.25. The molecule has 80 valence electrons. The number of Topliss-reactive ketones (excluding diaryl/α,β-unsaturated/α-hetero) is 1. The molecule has 0 amide bonds. The van der Waals surface area contributed by atoms with Crippen molar-refractivity contribution in [1.29, 1.82) is 0 Å². The molecule has 0 aliphatic heterocycles. The van der Waals surface area contributed by atoms with E-state index in [0.717, 1.165) is 0 Å². The highest BCUT2D eigenvalue weighted by atomic mass is 79.9. The number of esters is 1. The van der Waals surface area contributed by atoms with Gasteiger partial charge >= 0.3 is 5.97 Å². The maximum Gasteiger partial charge on any atom is 0.379 e. The van der Waals surface area contributed by atoms with E-state index in [0.29, 0.717) is 4.47 Å². The minimum Gasteiger partial charge on any atom is -0.460 e. The molecule has 0 bridgehead atoms. The monoisotopic (exact) mass is 290 g/mol. The summed E-state index contributed by atoms with van der Waals surface area (Å²) >= 11 is 8.96. The van der Waals surface area contributed by atoms with Crippen LogP contribution in [0.15, 0.2) is 22.7 Å². The summed E-state index contributed by atoms with van der Waals surface area (Å²) in [5.41, 5.74) is 0.137. The molecule has 0 aliphatic rings. The van der Waals surface area contributed by atoms with Gasteiger partial charge in [0.2, 0.25) is 0 Å². The lowest BCUT2D eigenvalue weighted by Gasteiger charge is -2.04. The fraction of sp³-hybridized carbons (Fsp3) is 0.200. The maximum atomic E-state index is 11.6. The Bertz CT molecular complexity index is 383. The van der Waals surface area contributed by atoms with Crippen molar-refractivity contribution in [1.82, 2.24) is 0 Å². The lowest BCUT2D eigenvalue weighted by molar-refractivity contribution is -0.137. The van der Waals surface area contributed by atoms with Crippen LogP contribution in [0.1, 0.15) is 17.3 Å². The minimum absolute atomic E-state index is 0.137. The van der Waals surface area contributed by atoms with Crippen molar-refractivity contribution in [3.05, 3.63) is 33.3 Å². The average Bonchev–Trinajstić information content (AvgIpc) is 2.17. The van der Waals surface area contributed by atoms with Crippen LogP contribution in [0.2, 0.25) is 5.02 Å². The molecule has 0 unspecified atom stereocenters. The predicted molar refractivity (Wildman–Crippen MR) is 60.1 cm³/mol. The van der Waals surface area contributed by atoms with Crippen molar-refractivity contribution in [3.8, 4) is 0 Å². The molecule has 0 atom stereocenters. The zero-order valence-electron chi connectivity index (χ0n) is 7.92. The molecule has 0 aromatic heterocycles. The molecule has 1 aromatic rings. The molecule has 5 heteroatoms. The van der Waals surface area contributed by atoms with E-state index < -0.39 is 11.8 Å². The van der Waals surface area contributed by atoms with Crippen LogP contribution in [-0.4, -0.2) is 18.4 Å². The largest absolute Gasteiger partial charge is 0.460 e. The summed E-state index contributed by atoms with van der Waals surface area (Å²) in [6.45, 7) is 1.79. The molecule has 0 N–H and O–H groups in total. The molecule has 0 saturated heterocycles. The smallest absolute Gasteiger partial charge is 0.379 e. The minimum atomic E-state index is -0.897. The summed E-state index contributed by atoms with van der Waals surface area (Å²) in [5.74, 6) is -1.64. The van der Waals surface area contributed by atoms with Gasteiger partial charge in [0, 0.05) is 4.47 Å². The van der Waals surface area contributed by atoms with Gasteiger partial charge in [0.25, 0.3) is 5.78 Å². The highest BCUT2D eigenvalue weighted by Gasteiger charge is 2.22. The summed E-state index contributed by atoms with van der Waals surface area (Å²) < 4.78 is 5.08. The number of rotatable bonds is 3. The van der Waals surface area contributed by atoms with Crippen LogP contribution in [0, 0.1) is 0 Å². The molecule has 3 nitrogen and oxygen atoms in total. The van der Waals surface area contributed by atoms with Gasteiger partial charge in [0.05, 0.1) is 17.2 Å². The number of benzene rings is 1. The second kappa shape index (κ2) is 5.28. The van der Waals surface area contributed by atoms with Crippen molar-refractivity contribution in [2.45, 2.75) is 6.92 Å². The van der Waals surface area contributed by atoms with Crippen LogP contribution in [0.5, 0.6) is 0 Å². The SMILES string of the molecule is CCOC(=O)C(=O)c1c(Cl)cccc1Br. The van der Waals surface area contributed by atoms with Crippen molar-refractivity contribution < 1.29 is 14.3 Å². The third-order valence-electron chi connectivity index (χ3n) is 1.65. The van der Waals surface area contributed by atoms with Gasteiger partial charge < -0.3 is 4.74 Å². The maximum absolute atomic E-state index is 11.6. The van der Waals surface area contributed by atoms with E-state index in [1.807, 2.05) is 0 Å². The second-order valence-electron chi connectivity index (χ2n) is 2.65. The van der Waals surface area contributed by atoms with E-state index >= 15 is 0 Å². The Morgan fingerprint density at radius 2 is 2.13 bits per heavy atom.